The fourth-order valence-electron chi connectivity index (χ4n) is 15.0. The number of nitrogens with zero attached hydrogens (tertiary/aromatic N) is 16. The molecule has 137 heavy (non-hydrogen) atoms. The van der Waals surface area contributed by atoms with Gasteiger partial charge in [-0.25, -0.2) is 24.9 Å². The van der Waals surface area contributed by atoms with Gasteiger partial charge in [0.1, 0.15) is 5.75 Å². The summed E-state index contributed by atoms with van der Waals surface area (Å²) in [7, 11) is 1.56. The van der Waals surface area contributed by atoms with E-state index in [4.69, 9.17) is 16.3 Å². The van der Waals surface area contributed by atoms with Crippen molar-refractivity contribution in [2.45, 2.75) is 106 Å². The van der Waals surface area contributed by atoms with Gasteiger partial charge in [0, 0.05) is 100.0 Å². The third-order valence-corrected chi connectivity index (χ3v) is 23.7. The Balaban J connectivity index is 0.000000119. The number of aryl methyl sites for hydroxylation is 4. The SMILES string of the molecule is COc1ccc(-c2nc3nc(CNc4cccc(C(F)(F)F)c4)cc(=O)n3[nH]2)cc1.Cc1ccc(Cl)cc1NCc1cc(=O)n2[nH]c(-c3ccccc3)nc2n1.Cc1ccc(NCc2cc(=O)n3[nH]c(-c4ccc(C(C)(C)C)cc4)nc3n2)cc1C.Cc1ccc(NCc2cc(=O)n3[nH]c(-c4ccccc4)nc3n2)cc1.O=c1cc(CN2CCc3ccccc3C2)nc2nc(-c3cccs3)[nH]n12. The number of benzene rings is 9. The maximum Gasteiger partial charge on any atom is 0.416 e. The Labute approximate surface area is 789 Å². The van der Waals surface area contributed by atoms with Crippen molar-refractivity contribution >= 4 is 74.6 Å². The highest BCUT2D eigenvalue weighted by atomic mass is 35.5. The van der Waals surface area contributed by atoms with E-state index in [0.717, 1.165) is 87.1 Å². The smallest absolute Gasteiger partial charge is 0.416 e. The molecule has 692 valence electrons. The van der Waals surface area contributed by atoms with E-state index >= 15 is 0 Å². The lowest BCUT2D eigenvalue weighted by Crippen LogP contribution is -2.31. The van der Waals surface area contributed by atoms with Gasteiger partial charge in [0.05, 0.1) is 72.2 Å². The van der Waals surface area contributed by atoms with Crippen LogP contribution in [-0.4, -0.2) is 116 Å². The van der Waals surface area contributed by atoms with Crippen molar-refractivity contribution in [2.75, 3.05) is 34.9 Å². The fraction of sp³-hybridized carbons (Fsp3) is 0.178. The number of alkyl halides is 3. The monoisotopic (exact) mass is 1880 g/mol. The number of ether oxygens (including phenoxy) is 1. The summed E-state index contributed by atoms with van der Waals surface area (Å²) in [5.74, 6) is 5.32. The van der Waals surface area contributed by atoms with Crippen LogP contribution in [-0.2, 0) is 57.3 Å². The zero-order valence-electron chi connectivity index (χ0n) is 75.6. The topological polar surface area (TPSA) is 376 Å². The van der Waals surface area contributed by atoms with E-state index in [0.29, 0.717) is 112 Å². The van der Waals surface area contributed by atoms with Crippen LogP contribution < -0.4 is 53.8 Å². The van der Waals surface area contributed by atoms with Crippen LogP contribution in [0.5, 0.6) is 5.75 Å². The summed E-state index contributed by atoms with van der Waals surface area (Å²) in [4.78, 5) is 110. The van der Waals surface area contributed by atoms with Gasteiger partial charge in [0.25, 0.3) is 56.7 Å². The molecule has 0 spiro atoms. The number of thiophene rings is 1. The van der Waals surface area contributed by atoms with Crippen LogP contribution in [0.4, 0.5) is 35.9 Å². The number of H-pyrrole nitrogens is 5. The number of fused-ring (bicyclic) bond motifs is 6. The first-order valence-corrected chi connectivity index (χ1v) is 45.0. The molecule has 0 atom stereocenters. The van der Waals surface area contributed by atoms with Gasteiger partial charge >= 0.3 is 6.18 Å². The van der Waals surface area contributed by atoms with Gasteiger partial charge in [-0.3, -0.25) is 54.4 Å². The number of rotatable bonds is 20. The molecule has 31 nitrogen and oxygen atoms in total. The first-order valence-electron chi connectivity index (χ1n) is 43.7. The van der Waals surface area contributed by atoms with E-state index in [1.165, 1.54) is 92.4 Å². The van der Waals surface area contributed by atoms with Gasteiger partial charge in [-0.05, 0) is 163 Å². The number of hydrogen-bond acceptors (Lipinski definition) is 22. The molecule has 0 aliphatic carbocycles. The largest absolute Gasteiger partial charge is 0.497 e. The van der Waals surface area contributed by atoms with Crippen molar-refractivity contribution in [3.05, 3.63) is 396 Å². The van der Waals surface area contributed by atoms with Crippen molar-refractivity contribution < 1.29 is 17.9 Å². The highest BCUT2D eigenvalue weighted by Crippen LogP contribution is 2.33. The normalized spacial score (nSPS) is 12.0. The molecule has 0 bridgehead atoms. The average Bonchev–Trinajstić information content (AvgIpc) is 1.68. The van der Waals surface area contributed by atoms with Crippen LogP contribution >= 0.6 is 22.9 Å². The summed E-state index contributed by atoms with van der Waals surface area (Å²) >= 11 is 7.62. The predicted molar refractivity (Wildman–Crippen MR) is 527 cm³/mol. The zero-order valence-corrected chi connectivity index (χ0v) is 77.2. The van der Waals surface area contributed by atoms with E-state index in [1.807, 2.05) is 153 Å². The molecule has 36 heteroatoms. The summed E-state index contributed by atoms with van der Waals surface area (Å²) in [5, 5.41) is 30.3. The highest BCUT2D eigenvalue weighted by Gasteiger charge is 2.31. The maximum absolute atomic E-state index is 12.8. The van der Waals surface area contributed by atoms with Crippen LogP contribution in [0.3, 0.4) is 0 Å². The quantitative estimate of drug-likeness (QED) is 0.0342. The van der Waals surface area contributed by atoms with E-state index in [1.54, 1.807) is 48.8 Å². The Morgan fingerprint density at radius 1 is 0.387 bits per heavy atom. The third-order valence-electron chi connectivity index (χ3n) is 22.6. The molecule has 0 saturated carbocycles. The van der Waals surface area contributed by atoms with E-state index in [9.17, 15) is 37.1 Å². The van der Waals surface area contributed by atoms with Crippen LogP contribution in [0.2, 0.25) is 5.02 Å². The molecule has 21 rings (SSSR count). The number of halogens is 4. The van der Waals surface area contributed by atoms with E-state index in [2.05, 4.69) is 185 Å². The second-order valence-electron chi connectivity index (χ2n) is 33.6. The summed E-state index contributed by atoms with van der Waals surface area (Å²) < 4.78 is 50.3. The zero-order chi connectivity index (χ0) is 95.6. The third kappa shape index (κ3) is 22.5. The molecule has 20 aromatic rings. The van der Waals surface area contributed by atoms with Crippen molar-refractivity contribution in [1.29, 1.82) is 0 Å². The van der Waals surface area contributed by atoms with Crippen LogP contribution in [0, 0.1) is 27.7 Å². The summed E-state index contributed by atoms with van der Waals surface area (Å²) in [6.45, 7) is 18.6. The molecule has 0 saturated heterocycles. The van der Waals surface area contributed by atoms with Gasteiger partial charge in [-0.15, -0.1) is 11.3 Å². The summed E-state index contributed by atoms with van der Waals surface area (Å²) in [6.07, 6.45) is -3.40. The standard InChI is InChI=1S/C24H27N5O.C20H16F3N5O2.C19H16ClN5O.C19H17N5OS.C19H17N5O/c1-15-6-11-19(12-16(15)2)25-14-20-13-21(30)29-23(26-20)27-22(28-29)17-7-9-18(10-8-17)24(3,4)5;1-30-16-7-5-12(6-8-16)18-26-19-25-15(10-17(29)28(19)27-18)11-24-14-4-2-3-13(9-14)20(21,22)23;1-12-7-8-14(20)9-16(12)21-11-15-10-17(26)25-19(22-15)23-18(24-25)13-5-3-2-4-6-13;25-17-10-15(12-23-8-7-13-4-1-2-5-14(13)11-23)20-19-21-18(22-24(17)19)16-6-3-9-26-16;1-13-7-9-15(10-8-13)20-12-16-11-17(25)24-19(21-16)22-18(23-24)14-5-3-2-4-6-14/h6-13,25H,14H2,1-5H3,(H,26,27,28);2-10,24H,11H2,1H3,(H,25,26,27);2-10,21H,11H2,1H3,(H,22,23,24);1-6,9-10H,7-8,11-12H2,(H,20,21,22);2-11,20H,12H2,1H3,(H,21,22,23). The Bertz CT molecular complexity index is 8030. The molecule has 9 N–H and O–H groups in total. The Hall–Kier alpha value is -16.5. The predicted octanol–water partition coefficient (Wildman–Crippen LogP) is 17.7. The number of hydrogen-bond donors (Lipinski definition) is 9. The minimum Gasteiger partial charge on any atom is -0.497 e. The lowest BCUT2D eigenvalue weighted by atomic mass is 9.87. The average molecular weight is 1880 g/mol. The molecule has 1 aliphatic heterocycles. The molecule has 0 fully saturated rings. The van der Waals surface area contributed by atoms with Crippen molar-refractivity contribution in [1.82, 2.24) is 103 Å². The molecular formula is C101H93ClF3N25O6S. The van der Waals surface area contributed by atoms with Gasteiger partial charge < -0.3 is 26.0 Å². The Morgan fingerprint density at radius 3 is 1.28 bits per heavy atom. The molecule has 9 aromatic carbocycles. The lowest BCUT2D eigenvalue weighted by molar-refractivity contribution is -0.137. The van der Waals surface area contributed by atoms with Crippen molar-refractivity contribution in [3.63, 3.8) is 0 Å². The maximum atomic E-state index is 12.8. The number of nitrogens with one attached hydrogen (secondary N) is 9. The van der Waals surface area contributed by atoms with Crippen LogP contribution in [0.15, 0.2) is 290 Å². The van der Waals surface area contributed by atoms with Gasteiger partial charge in [-0.1, -0.05) is 184 Å². The van der Waals surface area contributed by atoms with Gasteiger partial charge in [0.2, 0.25) is 0 Å². The van der Waals surface area contributed by atoms with Gasteiger partial charge in [0.15, 0.2) is 29.1 Å². The minimum atomic E-state index is -4.43. The molecule has 0 unspecified atom stereocenters. The molecular weight excluding hydrogens is 1780 g/mol. The second kappa shape index (κ2) is 40.5. The summed E-state index contributed by atoms with van der Waals surface area (Å²) in [5.41, 5.74) is 16.7. The molecule has 0 amide bonds. The first-order chi connectivity index (χ1) is 66.1. The molecule has 1 aliphatic rings. The molecule has 12 heterocycles. The summed E-state index contributed by atoms with van der Waals surface area (Å²) in [6, 6.07) is 79.2. The Morgan fingerprint density at radius 2 is 0.810 bits per heavy atom. The molecule has 0 radical (unpaired) electrons. The number of anilines is 4. The second-order valence-corrected chi connectivity index (χ2v) is 35.0. The fourth-order valence-corrected chi connectivity index (χ4v) is 15.8. The van der Waals surface area contributed by atoms with E-state index < -0.39 is 11.7 Å². The van der Waals surface area contributed by atoms with Gasteiger partial charge in [-0.2, -0.15) is 60.7 Å². The lowest BCUT2D eigenvalue weighted by Gasteiger charge is -2.28. The number of methoxy groups -OCH3 is 1. The first kappa shape index (κ1) is 92.3. The minimum absolute atomic E-state index is 0.0672. The van der Waals surface area contributed by atoms with E-state index in [-0.39, 0.29) is 51.2 Å². The van der Waals surface area contributed by atoms with Crippen LogP contribution in [0.1, 0.15) is 93.7 Å². The Kier molecular flexibility index (Phi) is 27.3. The highest BCUT2D eigenvalue weighted by molar-refractivity contribution is 7.13. The number of aromatic nitrogens is 20. The van der Waals surface area contributed by atoms with Crippen LogP contribution in [0.25, 0.3) is 85.1 Å². The molecule has 11 aromatic heterocycles. The van der Waals surface area contributed by atoms with Crippen molar-refractivity contribution in [3.8, 4) is 62.0 Å². The van der Waals surface area contributed by atoms with Crippen molar-refractivity contribution in [2.24, 2.45) is 0 Å². The number of aromatic amines is 5.